The SMILES string of the molecule is C=C1[C@@H](C[C@@H]2C(C)=CC[C@H]3C(=O)C(OC)=CC(=O)[C@@]23c2cc(=O)c3c(O)cc(O)cc3o2)[C@@]2(C)CCC[C@@](C)(C=O)[C@@H]2C[C@@H]1O. The normalized spacial score (nSPS) is 36.6. The van der Waals surface area contributed by atoms with Gasteiger partial charge in [0.15, 0.2) is 17.0 Å². The summed E-state index contributed by atoms with van der Waals surface area (Å²) < 4.78 is 11.6. The van der Waals surface area contributed by atoms with Crippen LogP contribution in [0.5, 0.6) is 11.5 Å². The van der Waals surface area contributed by atoms with Crippen LogP contribution >= 0.6 is 0 Å². The first kappa shape index (κ1) is 31.0. The number of aliphatic hydroxyl groups is 1. The number of aromatic hydroxyl groups is 2. The van der Waals surface area contributed by atoms with E-state index in [1.54, 1.807) is 0 Å². The number of ketones is 2. The van der Waals surface area contributed by atoms with Crippen LogP contribution in [0.3, 0.4) is 0 Å². The summed E-state index contributed by atoms with van der Waals surface area (Å²) in [6.45, 7) is 10.3. The second-order valence-corrected chi connectivity index (χ2v) is 14.1. The van der Waals surface area contributed by atoms with Crippen molar-refractivity contribution in [3.63, 3.8) is 0 Å². The van der Waals surface area contributed by atoms with Crippen LogP contribution in [-0.4, -0.2) is 46.4 Å². The van der Waals surface area contributed by atoms with E-state index in [4.69, 9.17) is 9.15 Å². The molecule has 0 spiro atoms. The Morgan fingerprint density at radius 2 is 1.84 bits per heavy atom. The Bertz CT molecular complexity index is 1760. The van der Waals surface area contributed by atoms with E-state index in [9.17, 15) is 34.5 Å². The topological polar surface area (TPSA) is 151 Å². The van der Waals surface area contributed by atoms with E-state index in [-0.39, 0.29) is 46.5 Å². The third kappa shape index (κ3) is 4.30. The second-order valence-electron chi connectivity index (χ2n) is 14.1. The number of phenolic OH excluding ortho intramolecular Hbond substituents is 2. The molecule has 0 radical (unpaired) electrons. The molecule has 4 aliphatic carbocycles. The Balaban J connectivity index is 1.59. The molecule has 8 atom stereocenters. The van der Waals surface area contributed by atoms with Gasteiger partial charge in [-0.3, -0.25) is 14.4 Å². The van der Waals surface area contributed by atoms with E-state index in [0.717, 1.165) is 37.2 Å². The van der Waals surface area contributed by atoms with Gasteiger partial charge in [-0.05, 0) is 61.9 Å². The molecule has 0 unspecified atom stereocenters. The lowest BCUT2D eigenvalue weighted by atomic mass is 9.44. The largest absolute Gasteiger partial charge is 0.508 e. The van der Waals surface area contributed by atoms with Crippen LogP contribution in [0.2, 0.25) is 0 Å². The predicted octanol–water partition coefficient (Wildman–Crippen LogP) is 5.05. The van der Waals surface area contributed by atoms with E-state index in [1.807, 2.05) is 19.9 Å². The van der Waals surface area contributed by atoms with E-state index >= 15 is 0 Å². The molecule has 9 nitrogen and oxygen atoms in total. The summed E-state index contributed by atoms with van der Waals surface area (Å²) in [5.41, 5.74) is -2.01. The summed E-state index contributed by atoms with van der Waals surface area (Å²) >= 11 is 0. The van der Waals surface area contributed by atoms with Crippen LogP contribution in [0, 0.1) is 34.5 Å². The molecule has 2 aromatic rings. The van der Waals surface area contributed by atoms with Crippen LogP contribution < -0.4 is 5.43 Å². The Morgan fingerprint density at radius 1 is 1.11 bits per heavy atom. The number of hydrogen-bond donors (Lipinski definition) is 3. The van der Waals surface area contributed by atoms with Gasteiger partial charge in [-0.25, -0.2) is 0 Å². The molecule has 9 heteroatoms. The van der Waals surface area contributed by atoms with Gasteiger partial charge < -0.3 is 29.3 Å². The van der Waals surface area contributed by atoms with Crippen LogP contribution in [0.25, 0.3) is 11.0 Å². The van der Waals surface area contributed by atoms with Crippen molar-refractivity contribution in [2.24, 2.45) is 34.5 Å². The summed E-state index contributed by atoms with van der Waals surface area (Å²) in [5.74, 6) is -3.87. The van der Waals surface area contributed by atoms with Gasteiger partial charge in [0, 0.05) is 41.5 Å². The minimum Gasteiger partial charge on any atom is -0.508 e. The van der Waals surface area contributed by atoms with Gasteiger partial charge in [-0.1, -0.05) is 38.5 Å². The molecule has 238 valence electrons. The van der Waals surface area contributed by atoms with Crippen molar-refractivity contribution in [2.75, 3.05) is 7.11 Å². The first-order valence-corrected chi connectivity index (χ1v) is 15.6. The molecule has 0 amide bonds. The maximum Gasteiger partial charge on any atom is 0.202 e. The smallest absolute Gasteiger partial charge is 0.202 e. The number of carbonyl (C=O) groups excluding carboxylic acids is 3. The quantitative estimate of drug-likeness (QED) is 0.310. The molecule has 2 saturated carbocycles. The Labute approximate surface area is 261 Å². The highest BCUT2D eigenvalue weighted by Crippen LogP contribution is 2.64. The monoisotopic (exact) mass is 616 g/mol. The van der Waals surface area contributed by atoms with Crippen molar-refractivity contribution in [1.29, 1.82) is 0 Å². The first-order valence-electron chi connectivity index (χ1n) is 15.6. The van der Waals surface area contributed by atoms with Gasteiger partial charge in [0.1, 0.15) is 39.9 Å². The van der Waals surface area contributed by atoms with Crippen molar-refractivity contribution in [2.45, 2.75) is 70.8 Å². The summed E-state index contributed by atoms with van der Waals surface area (Å²) in [6.07, 6.45) is 6.53. The number of benzene rings is 1. The lowest BCUT2D eigenvalue weighted by molar-refractivity contribution is -0.141. The molecule has 3 N–H and O–H groups in total. The van der Waals surface area contributed by atoms with Crippen LogP contribution in [0.1, 0.15) is 65.1 Å². The highest BCUT2D eigenvalue weighted by molar-refractivity contribution is 6.14. The van der Waals surface area contributed by atoms with Gasteiger partial charge in [-0.2, -0.15) is 0 Å². The molecular weight excluding hydrogens is 576 g/mol. The van der Waals surface area contributed by atoms with Crippen molar-refractivity contribution in [3.8, 4) is 11.5 Å². The predicted molar refractivity (Wildman–Crippen MR) is 165 cm³/mol. The zero-order valence-corrected chi connectivity index (χ0v) is 26.1. The molecule has 0 bridgehead atoms. The van der Waals surface area contributed by atoms with Gasteiger partial charge in [-0.15, -0.1) is 0 Å². The summed E-state index contributed by atoms with van der Waals surface area (Å²) in [7, 11) is 1.33. The minimum atomic E-state index is -1.66. The van der Waals surface area contributed by atoms with Crippen molar-refractivity contribution in [3.05, 3.63) is 69.8 Å². The zero-order chi connectivity index (χ0) is 32.6. The molecule has 45 heavy (non-hydrogen) atoms. The van der Waals surface area contributed by atoms with Crippen molar-refractivity contribution < 1.29 is 38.9 Å². The second kappa shape index (κ2) is 10.5. The number of fused-ring (bicyclic) bond motifs is 3. The molecule has 0 aliphatic heterocycles. The van der Waals surface area contributed by atoms with Crippen molar-refractivity contribution in [1.82, 2.24) is 0 Å². The lowest BCUT2D eigenvalue weighted by Crippen LogP contribution is -2.59. The number of Topliss-reactive ketones (excluding diaryl/α,β-unsaturated/α-hetero) is 1. The zero-order valence-electron chi connectivity index (χ0n) is 26.1. The third-order valence-electron chi connectivity index (χ3n) is 11.9. The first-order chi connectivity index (χ1) is 21.2. The summed E-state index contributed by atoms with van der Waals surface area (Å²) in [6, 6.07) is 3.41. The highest BCUT2D eigenvalue weighted by atomic mass is 16.5. The van der Waals surface area contributed by atoms with Gasteiger partial charge in [0.2, 0.25) is 5.78 Å². The average molecular weight is 617 g/mol. The minimum absolute atomic E-state index is 0.0396. The number of ether oxygens (including phenoxy) is 1. The number of carbonyl (C=O) groups is 3. The van der Waals surface area contributed by atoms with E-state index < -0.39 is 56.9 Å². The van der Waals surface area contributed by atoms with Crippen molar-refractivity contribution >= 4 is 28.8 Å². The van der Waals surface area contributed by atoms with E-state index in [1.165, 1.54) is 25.3 Å². The fourth-order valence-corrected chi connectivity index (χ4v) is 9.56. The average Bonchev–Trinajstić information content (AvgIpc) is 2.98. The van der Waals surface area contributed by atoms with Crippen LogP contribution in [0.4, 0.5) is 0 Å². The number of allylic oxidation sites excluding steroid dienone is 4. The molecule has 1 heterocycles. The molecular formula is C36H40O9. The molecule has 2 fully saturated rings. The van der Waals surface area contributed by atoms with Crippen LogP contribution in [0.15, 0.2) is 63.0 Å². The number of phenols is 2. The fraction of sp³-hybridized carbons (Fsp3) is 0.500. The highest BCUT2D eigenvalue weighted by Gasteiger charge is 2.63. The fourth-order valence-electron chi connectivity index (χ4n) is 9.56. The number of rotatable bonds is 5. The molecule has 1 aromatic carbocycles. The molecule has 6 rings (SSSR count). The van der Waals surface area contributed by atoms with Gasteiger partial charge in [0.05, 0.1) is 13.2 Å². The van der Waals surface area contributed by atoms with E-state index in [2.05, 4.69) is 13.5 Å². The lowest BCUT2D eigenvalue weighted by Gasteiger charge is -2.59. The number of methoxy groups -OCH3 is 1. The number of aldehydes is 1. The Kier molecular flexibility index (Phi) is 7.27. The maximum atomic E-state index is 14.6. The standard InChI is InChI=1S/C36H40O9/c1-18-7-8-21-33(43)28(44-5)16-30(42)36(21,31-15-26(41)32-25(40)11-20(38)12-27(32)45-31)22(18)13-23-19(2)24(39)14-29-34(3,17-37)9-6-10-35(23,29)4/h7,11-12,15-17,21-24,29,38-40H,2,6,8-10,13-14H2,1,3-5H3/t21-,22+,23+,24-,29-,34-,35+,36-/m0/s1. The molecule has 0 saturated heterocycles. The Morgan fingerprint density at radius 3 is 2.53 bits per heavy atom. The number of aliphatic hydroxyl groups excluding tert-OH is 1. The molecule has 4 aliphatic rings. The third-order valence-corrected chi connectivity index (χ3v) is 11.9. The molecule has 1 aromatic heterocycles. The maximum absolute atomic E-state index is 14.6. The van der Waals surface area contributed by atoms with Gasteiger partial charge >= 0.3 is 0 Å². The summed E-state index contributed by atoms with van der Waals surface area (Å²) in [4.78, 5) is 54.6. The Hall–Kier alpha value is -3.98. The van der Waals surface area contributed by atoms with Crippen LogP contribution in [-0.2, 0) is 24.5 Å². The number of hydrogen-bond acceptors (Lipinski definition) is 9. The van der Waals surface area contributed by atoms with Gasteiger partial charge in [0.25, 0.3) is 0 Å². The summed E-state index contributed by atoms with van der Waals surface area (Å²) in [5, 5.41) is 31.9. The van der Waals surface area contributed by atoms with E-state index in [0.29, 0.717) is 18.4 Å².